The van der Waals surface area contributed by atoms with E-state index in [1.807, 2.05) is 0 Å². The van der Waals surface area contributed by atoms with Crippen molar-refractivity contribution >= 4 is 33.3 Å². The highest BCUT2D eigenvalue weighted by atomic mass is 79.9. The van der Waals surface area contributed by atoms with E-state index < -0.39 is 17.5 Å². The topological polar surface area (TPSA) is 55.2 Å². The summed E-state index contributed by atoms with van der Waals surface area (Å²) in [7, 11) is 0. The highest BCUT2D eigenvalue weighted by Crippen LogP contribution is 2.33. The van der Waals surface area contributed by atoms with Crippen molar-refractivity contribution in [1.82, 2.24) is 9.78 Å². The van der Waals surface area contributed by atoms with Crippen LogP contribution in [0.15, 0.2) is 35.1 Å². The Kier molecular flexibility index (Phi) is 3.13. The lowest BCUT2D eigenvalue weighted by atomic mass is 10.1. The summed E-state index contributed by atoms with van der Waals surface area (Å²) in [5.41, 5.74) is 0.539. The van der Waals surface area contributed by atoms with Crippen LogP contribution in [0.4, 0.5) is 10.1 Å². The zero-order valence-corrected chi connectivity index (χ0v) is 11.8. The maximum atomic E-state index is 13.6. The van der Waals surface area contributed by atoms with Crippen LogP contribution in [0.25, 0.3) is 0 Å². The average molecular weight is 338 g/mol. The lowest BCUT2D eigenvalue weighted by molar-refractivity contribution is -0.114. The number of halogens is 2. The highest BCUT2D eigenvalue weighted by Gasteiger charge is 2.36. The molecule has 0 saturated heterocycles. The van der Waals surface area contributed by atoms with Crippen molar-refractivity contribution in [3.05, 3.63) is 46.4 Å². The number of fused-ring (bicyclic) bond motifs is 1. The quantitative estimate of drug-likeness (QED) is 0.805. The summed E-state index contributed by atoms with van der Waals surface area (Å²) in [6, 6.07) is 4.31. The third kappa shape index (κ3) is 2.03. The second-order valence-corrected chi connectivity index (χ2v) is 5.19. The molecule has 0 atom stereocenters. The fourth-order valence-electron chi connectivity index (χ4n) is 2.15. The summed E-state index contributed by atoms with van der Waals surface area (Å²) >= 11 is 3.02. The highest BCUT2D eigenvalue weighted by molar-refractivity contribution is 9.10. The van der Waals surface area contributed by atoms with Crippen molar-refractivity contribution in [1.29, 1.82) is 0 Å². The lowest BCUT2D eigenvalue weighted by Gasteiger charge is -2.16. The SMILES string of the molecule is O=C1C(=O)N(CCn2cccn2)c2cc(F)c(Br)cc21. The fourth-order valence-corrected chi connectivity index (χ4v) is 2.49. The van der Waals surface area contributed by atoms with Gasteiger partial charge in [0.25, 0.3) is 11.7 Å². The standard InChI is InChI=1S/C13H9BrFN3O2/c14-9-6-8-11(7-10(9)15)18(13(20)12(8)19)5-4-17-3-1-2-16-17/h1-3,6-7H,4-5H2. The van der Waals surface area contributed by atoms with Gasteiger partial charge in [0.1, 0.15) is 5.82 Å². The van der Waals surface area contributed by atoms with Crippen molar-refractivity contribution in [2.45, 2.75) is 6.54 Å². The molecule has 7 heteroatoms. The van der Waals surface area contributed by atoms with Crippen LogP contribution < -0.4 is 4.90 Å². The zero-order chi connectivity index (χ0) is 14.3. The minimum absolute atomic E-state index is 0.173. The number of Topliss-reactive ketones (excluding diaryl/α,β-unsaturated/α-hetero) is 1. The molecule has 0 bridgehead atoms. The molecule has 3 rings (SSSR count). The molecule has 0 fully saturated rings. The van der Waals surface area contributed by atoms with Crippen molar-refractivity contribution in [2.75, 3.05) is 11.4 Å². The number of carbonyl (C=O) groups excluding carboxylic acids is 2. The number of anilines is 1. The molecule has 1 aromatic heterocycles. The molecular formula is C13H9BrFN3O2. The number of ketones is 1. The number of carbonyl (C=O) groups is 2. The first kappa shape index (κ1) is 13.0. The normalized spacial score (nSPS) is 14.0. The van der Waals surface area contributed by atoms with Crippen molar-refractivity contribution in [3.63, 3.8) is 0 Å². The van der Waals surface area contributed by atoms with E-state index in [-0.39, 0.29) is 16.6 Å². The summed E-state index contributed by atoms with van der Waals surface area (Å²) < 4.78 is 15.4. The van der Waals surface area contributed by atoms with Crippen LogP contribution >= 0.6 is 15.9 Å². The maximum Gasteiger partial charge on any atom is 0.299 e. The second kappa shape index (κ2) is 4.82. The largest absolute Gasteiger partial charge is 0.303 e. The van der Waals surface area contributed by atoms with E-state index in [0.717, 1.165) is 0 Å². The Balaban J connectivity index is 1.91. The van der Waals surface area contributed by atoms with Crippen LogP contribution in [0, 0.1) is 5.82 Å². The van der Waals surface area contributed by atoms with Gasteiger partial charge in [0.05, 0.1) is 22.3 Å². The molecule has 0 spiro atoms. The van der Waals surface area contributed by atoms with Crippen molar-refractivity contribution < 1.29 is 14.0 Å². The van der Waals surface area contributed by atoms with Crippen LogP contribution in [0.3, 0.4) is 0 Å². The molecule has 20 heavy (non-hydrogen) atoms. The van der Waals surface area contributed by atoms with E-state index in [1.165, 1.54) is 17.0 Å². The third-order valence-electron chi connectivity index (χ3n) is 3.13. The Hall–Kier alpha value is -2.02. The Bertz CT molecular complexity index is 700. The minimum atomic E-state index is -0.635. The molecule has 1 aromatic carbocycles. The zero-order valence-electron chi connectivity index (χ0n) is 10.2. The van der Waals surface area contributed by atoms with Gasteiger partial charge in [0.2, 0.25) is 0 Å². The first-order valence-corrected chi connectivity index (χ1v) is 6.70. The fraction of sp³-hybridized carbons (Fsp3) is 0.154. The second-order valence-electron chi connectivity index (χ2n) is 4.34. The van der Waals surface area contributed by atoms with Gasteiger partial charge < -0.3 is 4.90 Å². The third-order valence-corrected chi connectivity index (χ3v) is 3.73. The molecule has 1 aliphatic rings. The van der Waals surface area contributed by atoms with Crippen LogP contribution in [-0.4, -0.2) is 28.0 Å². The van der Waals surface area contributed by atoms with Crippen LogP contribution in [0.1, 0.15) is 10.4 Å². The molecule has 1 aliphatic heterocycles. The molecule has 0 radical (unpaired) electrons. The van der Waals surface area contributed by atoms with Gasteiger partial charge in [-0.2, -0.15) is 5.10 Å². The predicted molar refractivity (Wildman–Crippen MR) is 73.0 cm³/mol. The molecule has 102 valence electrons. The molecular weight excluding hydrogens is 329 g/mol. The minimum Gasteiger partial charge on any atom is -0.303 e. The average Bonchev–Trinajstić information content (AvgIpc) is 3.00. The smallest absolute Gasteiger partial charge is 0.299 e. The number of rotatable bonds is 3. The molecule has 0 N–H and O–H groups in total. The Morgan fingerprint density at radius 3 is 2.75 bits per heavy atom. The van der Waals surface area contributed by atoms with E-state index in [2.05, 4.69) is 21.0 Å². The number of nitrogens with zero attached hydrogens (tertiary/aromatic N) is 3. The van der Waals surface area contributed by atoms with E-state index in [4.69, 9.17) is 0 Å². The number of hydrogen-bond acceptors (Lipinski definition) is 3. The van der Waals surface area contributed by atoms with Gasteiger partial charge in [0.15, 0.2) is 0 Å². The Labute approximate surface area is 122 Å². The molecule has 0 saturated carbocycles. The first-order valence-electron chi connectivity index (χ1n) is 5.90. The Morgan fingerprint density at radius 2 is 2.05 bits per heavy atom. The van der Waals surface area contributed by atoms with Crippen molar-refractivity contribution in [2.24, 2.45) is 0 Å². The van der Waals surface area contributed by atoms with E-state index in [0.29, 0.717) is 12.2 Å². The Morgan fingerprint density at radius 1 is 1.25 bits per heavy atom. The predicted octanol–water partition coefficient (Wildman–Crippen LogP) is 2.01. The molecule has 2 aromatic rings. The summed E-state index contributed by atoms with van der Waals surface area (Å²) in [5, 5.41) is 4.02. The van der Waals surface area contributed by atoms with Crippen LogP contribution in [0.5, 0.6) is 0 Å². The van der Waals surface area contributed by atoms with E-state index >= 15 is 0 Å². The monoisotopic (exact) mass is 337 g/mol. The van der Waals surface area contributed by atoms with Gasteiger partial charge in [-0.1, -0.05) is 0 Å². The number of hydrogen-bond donors (Lipinski definition) is 0. The number of amides is 1. The van der Waals surface area contributed by atoms with Gasteiger partial charge in [0, 0.05) is 18.9 Å². The maximum absolute atomic E-state index is 13.6. The van der Waals surface area contributed by atoms with Crippen LogP contribution in [0.2, 0.25) is 0 Å². The van der Waals surface area contributed by atoms with E-state index in [9.17, 15) is 14.0 Å². The summed E-state index contributed by atoms with van der Waals surface area (Å²) in [5.74, 6) is -1.75. The van der Waals surface area contributed by atoms with Gasteiger partial charge in [-0.15, -0.1) is 0 Å². The molecule has 0 aliphatic carbocycles. The summed E-state index contributed by atoms with van der Waals surface area (Å²) in [6.07, 6.45) is 3.38. The molecule has 1 amide bonds. The van der Waals surface area contributed by atoms with Gasteiger partial charge >= 0.3 is 0 Å². The molecule has 5 nitrogen and oxygen atoms in total. The lowest BCUT2D eigenvalue weighted by Crippen LogP contribution is -2.32. The van der Waals surface area contributed by atoms with Gasteiger partial charge in [-0.3, -0.25) is 14.3 Å². The van der Waals surface area contributed by atoms with Crippen molar-refractivity contribution in [3.8, 4) is 0 Å². The molecule has 0 unspecified atom stereocenters. The van der Waals surface area contributed by atoms with Crippen LogP contribution in [-0.2, 0) is 11.3 Å². The first-order chi connectivity index (χ1) is 9.58. The van der Waals surface area contributed by atoms with E-state index in [1.54, 1.807) is 23.1 Å². The van der Waals surface area contributed by atoms with Gasteiger partial charge in [-0.25, -0.2) is 4.39 Å². The summed E-state index contributed by atoms with van der Waals surface area (Å²) in [6.45, 7) is 0.698. The number of aromatic nitrogens is 2. The molecule has 2 heterocycles. The van der Waals surface area contributed by atoms with Gasteiger partial charge in [-0.05, 0) is 34.1 Å². The number of benzene rings is 1. The summed E-state index contributed by atoms with van der Waals surface area (Å²) in [4.78, 5) is 25.1.